The van der Waals surface area contributed by atoms with E-state index in [0.717, 1.165) is 27.9 Å². The Morgan fingerprint density at radius 3 is 2.04 bits per heavy atom. The van der Waals surface area contributed by atoms with E-state index in [1.165, 1.54) is 23.9 Å². The molecule has 0 bridgehead atoms. The van der Waals surface area contributed by atoms with Crippen molar-refractivity contribution in [3.8, 4) is 28.0 Å². The van der Waals surface area contributed by atoms with E-state index in [1.807, 2.05) is 54.6 Å². The van der Waals surface area contributed by atoms with Crippen LogP contribution in [0.1, 0.15) is 47.8 Å². The number of thioether (sulfide) groups is 1. The monoisotopic (exact) mass is 753 g/mol. The lowest BCUT2D eigenvalue weighted by atomic mass is 9.90. The summed E-state index contributed by atoms with van der Waals surface area (Å²) in [4.78, 5) is 2.06. The Bertz CT molecular complexity index is 2020. The zero-order valence-corrected chi connectivity index (χ0v) is 30.2. The van der Waals surface area contributed by atoms with Crippen LogP contribution in [-0.2, 0) is 4.74 Å². The molecule has 5 aromatic carbocycles. The minimum Gasteiger partial charge on any atom is -0.508 e. The molecule has 0 aromatic heterocycles. The number of aliphatic hydroxyl groups excluding tert-OH is 5. The molecule has 0 amide bonds. The van der Waals surface area contributed by atoms with E-state index in [2.05, 4.69) is 29.2 Å². The second kappa shape index (κ2) is 16.1. The van der Waals surface area contributed by atoms with Crippen molar-refractivity contribution in [3.63, 3.8) is 0 Å². The maximum Gasteiger partial charge on any atom is 0.141 e. The van der Waals surface area contributed by atoms with Gasteiger partial charge in [0.2, 0.25) is 0 Å². The van der Waals surface area contributed by atoms with Crippen molar-refractivity contribution >= 4 is 34.0 Å². The second-order valence-electron chi connectivity index (χ2n) is 13.4. The van der Waals surface area contributed by atoms with Gasteiger partial charge in [-0.3, -0.25) is 0 Å². The number of aliphatic hydroxyl groups is 5. The van der Waals surface area contributed by atoms with Gasteiger partial charge in [-0.1, -0.05) is 115 Å². The van der Waals surface area contributed by atoms with Crippen molar-refractivity contribution in [2.75, 3.05) is 11.5 Å². The highest BCUT2D eigenvalue weighted by Crippen LogP contribution is 2.50. The Labute approximate surface area is 316 Å². The van der Waals surface area contributed by atoms with E-state index in [0.29, 0.717) is 33.9 Å². The number of hydrogen-bond donors (Lipinski definition) is 6. The van der Waals surface area contributed by atoms with Crippen LogP contribution in [0.2, 0.25) is 0 Å². The Kier molecular flexibility index (Phi) is 11.3. The molecule has 7 rings (SSSR count). The average Bonchev–Trinajstić information content (AvgIpc) is 3.52. The molecule has 11 heteroatoms. The van der Waals surface area contributed by atoms with Gasteiger partial charge in [0.05, 0.1) is 18.8 Å². The summed E-state index contributed by atoms with van der Waals surface area (Å²) >= 11 is 7.50. The van der Waals surface area contributed by atoms with Crippen LogP contribution in [0.3, 0.4) is 0 Å². The summed E-state index contributed by atoms with van der Waals surface area (Å²) in [6.45, 7) is -0.512. The summed E-state index contributed by atoms with van der Waals surface area (Å²) in [6.07, 6.45) is -6.11. The number of phenolic OH excluding ortho intramolecular Hbond substituents is 1. The van der Waals surface area contributed by atoms with E-state index < -0.39 is 43.2 Å². The predicted molar refractivity (Wildman–Crippen MR) is 208 cm³/mol. The third-order valence-corrected chi connectivity index (χ3v) is 11.8. The SMILES string of the molecule is OC[C@H]1O[C@@H](c2ccc(-c3ccc([C@@H]4[C@H](CCC(O)c5ccc(F)cc5)SC(=S)N4c4ccc(-c5ccccc5)cc4)c(O)c3)cc2)[C@H](O)[C@@H](O)[C@@H]1O. The van der Waals surface area contributed by atoms with Gasteiger partial charge in [0.25, 0.3) is 0 Å². The molecular weight excluding hydrogens is 714 g/mol. The summed E-state index contributed by atoms with van der Waals surface area (Å²) in [5.74, 6) is -0.291. The minimum atomic E-state index is -1.48. The lowest BCUT2D eigenvalue weighted by molar-refractivity contribution is -0.231. The molecule has 5 aromatic rings. The molecule has 0 saturated carbocycles. The standard InChI is InChI=1S/C42H40FNO7S2/c43-30-15-10-27(11-16-30)33(46)20-21-36-37(44(42(52)53-36)31-17-12-25(13-18-31)24-4-2-1-3-5-24)32-19-14-29(22-34(32)47)26-6-8-28(9-7-26)41-40(50)39(49)38(48)35(23-45)51-41/h1-19,22,33,35-41,45-50H,20-21,23H2/t33?,35-,36+,37-,38-,39+,40-,41+/m1/s1. The first kappa shape index (κ1) is 37.2. The van der Waals surface area contributed by atoms with Gasteiger partial charge >= 0.3 is 0 Å². The molecule has 274 valence electrons. The summed E-state index contributed by atoms with van der Waals surface area (Å²) in [5, 5.41) is 63.2. The Morgan fingerprint density at radius 1 is 0.755 bits per heavy atom. The topological polar surface area (TPSA) is 134 Å². The van der Waals surface area contributed by atoms with Crippen molar-refractivity contribution in [1.29, 1.82) is 0 Å². The average molecular weight is 754 g/mol. The van der Waals surface area contributed by atoms with E-state index in [1.54, 1.807) is 30.3 Å². The second-order valence-corrected chi connectivity index (χ2v) is 15.3. The molecule has 0 radical (unpaired) electrons. The predicted octanol–water partition coefficient (Wildman–Crippen LogP) is 6.84. The third kappa shape index (κ3) is 7.75. The molecular formula is C42H40FNO7S2. The Hall–Kier alpha value is -4.17. The lowest BCUT2D eigenvalue weighted by Crippen LogP contribution is -2.55. The molecule has 6 N–H and O–H groups in total. The van der Waals surface area contributed by atoms with Crippen LogP contribution in [0.5, 0.6) is 5.75 Å². The zero-order chi connectivity index (χ0) is 37.2. The first-order chi connectivity index (χ1) is 25.6. The van der Waals surface area contributed by atoms with Gasteiger partial charge < -0.3 is 40.3 Å². The summed E-state index contributed by atoms with van der Waals surface area (Å²) < 4.78 is 19.9. The maximum atomic E-state index is 13.6. The Balaban J connectivity index is 1.17. The Morgan fingerprint density at radius 2 is 1.38 bits per heavy atom. The zero-order valence-electron chi connectivity index (χ0n) is 28.5. The number of phenols is 1. The number of hydrogen-bond acceptors (Lipinski definition) is 9. The highest BCUT2D eigenvalue weighted by atomic mass is 32.2. The first-order valence-corrected chi connectivity index (χ1v) is 18.7. The normalized spacial score (nSPS) is 25.1. The van der Waals surface area contributed by atoms with Gasteiger partial charge in [-0.15, -0.1) is 0 Å². The fraction of sp³-hybridized carbons (Fsp3) is 0.262. The number of anilines is 1. The van der Waals surface area contributed by atoms with E-state index in [4.69, 9.17) is 17.0 Å². The van der Waals surface area contributed by atoms with Crippen LogP contribution < -0.4 is 4.90 Å². The lowest BCUT2D eigenvalue weighted by Gasteiger charge is -2.40. The molecule has 1 unspecified atom stereocenters. The van der Waals surface area contributed by atoms with E-state index in [-0.39, 0.29) is 22.9 Å². The first-order valence-electron chi connectivity index (χ1n) is 17.5. The highest BCUT2D eigenvalue weighted by Gasteiger charge is 2.44. The van der Waals surface area contributed by atoms with Crippen molar-refractivity contribution in [3.05, 3.63) is 144 Å². The third-order valence-electron chi connectivity index (χ3n) is 10.1. The minimum absolute atomic E-state index is 0.0748. The molecule has 2 saturated heterocycles. The van der Waals surface area contributed by atoms with Gasteiger partial charge in [0.15, 0.2) is 0 Å². The number of aromatic hydroxyl groups is 1. The summed E-state index contributed by atoms with van der Waals surface area (Å²) in [6, 6.07) is 36.3. The number of nitrogens with zero attached hydrogens (tertiary/aromatic N) is 1. The molecule has 8 nitrogen and oxygen atoms in total. The van der Waals surface area contributed by atoms with Gasteiger partial charge in [0, 0.05) is 16.5 Å². The molecule has 2 aliphatic heterocycles. The van der Waals surface area contributed by atoms with Crippen LogP contribution in [0.4, 0.5) is 10.1 Å². The number of rotatable bonds is 10. The van der Waals surface area contributed by atoms with Crippen molar-refractivity contribution < 1.29 is 39.8 Å². The van der Waals surface area contributed by atoms with Gasteiger partial charge in [-0.2, -0.15) is 0 Å². The van der Waals surface area contributed by atoms with Gasteiger partial charge in [-0.25, -0.2) is 4.39 Å². The number of halogens is 1. The van der Waals surface area contributed by atoms with Crippen molar-refractivity contribution in [2.24, 2.45) is 0 Å². The smallest absolute Gasteiger partial charge is 0.141 e. The summed E-state index contributed by atoms with van der Waals surface area (Å²) in [7, 11) is 0. The number of benzene rings is 5. The van der Waals surface area contributed by atoms with Crippen LogP contribution >= 0.6 is 24.0 Å². The molecule has 2 fully saturated rings. The molecule has 8 atom stereocenters. The largest absolute Gasteiger partial charge is 0.508 e. The van der Waals surface area contributed by atoms with E-state index >= 15 is 0 Å². The van der Waals surface area contributed by atoms with Crippen molar-refractivity contribution in [1.82, 2.24) is 0 Å². The van der Waals surface area contributed by atoms with Crippen LogP contribution in [0.25, 0.3) is 22.3 Å². The highest BCUT2D eigenvalue weighted by molar-refractivity contribution is 8.24. The van der Waals surface area contributed by atoms with Crippen molar-refractivity contribution in [2.45, 2.75) is 60.8 Å². The molecule has 53 heavy (non-hydrogen) atoms. The van der Waals surface area contributed by atoms with E-state index in [9.17, 15) is 35.0 Å². The van der Waals surface area contributed by atoms with Gasteiger partial charge in [0.1, 0.15) is 46.4 Å². The molecule has 2 aliphatic rings. The summed E-state index contributed by atoms with van der Waals surface area (Å²) in [5.41, 5.74) is 6.41. The molecule has 0 spiro atoms. The van der Waals surface area contributed by atoms with Crippen LogP contribution in [0, 0.1) is 5.82 Å². The van der Waals surface area contributed by atoms with Crippen LogP contribution in [-0.4, -0.2) is 71.2 Å². The van der Waals surface area contributed by atoms with Gasteiger partial charge in [-0.05, 0) is 76.6 Å². The quantitative estimate of drug-likeness (QED) is 0.0843. The fourth-order valence-corrected chi connectivity index (χ4v) is 9.02. The molecule has 0 aliphatic carbocycles. The molecule has 2 heterocycles. The number of thiocarbonyl (C=S) groups is 1. The van der Waals surface area contributed by atoms with Crippen LogP contribution in [0.15, 0.2) is 121 Å². The number of ether oxygens (including phenoxy) is 1. The maximum absolute atomic E-state index is 13.6. The fourth-order valence-electron chi connectivity index (χ4n) is 7.19.